The van der Waals surface area contributed by atoms with Crippen molar-refractivity contribution in [3.63, 3.8) is 0 Å². The first-order valence-corrected chi connectivity index (χ1v) is 13.8. The molecule has 2 aliphatic carbocycles. The molecule has 13 heteroatoms. The molecule has 3 fully saturated rings. The van der Waals surface area contributed by atoms with Crippen molar-refractivity contribution in [3.05, 3.63) is 29.3 Å². The Labute approximate surface area is 213 Å². The molecule has 4 atom stereocenters. The molecule has 0 radical (unpaired) electrons. The van der Waals surface area contributed by atoms with Gasteiger partial charge in [-0.2, -0.15) is 21.6 Å². The summed E-state index contributed by atoms with van der Waals surface area (Å²) in [5, 5.41) is 12.3. The Kier molecular flexibility index (Phi) is 5.72. The highest BCUT2D eigenvalue weighted by molar-refractivity contribution is 7.88. The topological polar surface area (TPSA) is 107 Å². The molecule has 1 N–H and O–H groups in total. The van der Waals surface area contributed by atoms with Gasteiger partial charge in [0, 0.05) is 24.5 Å². The molecule has 1 aromatic rings. The molecule has 1 aromatic carbocycles. The number of alkyl halides is 3. The van der Waals surface area contributed by atoms with Gasteiger partial charge in [0.05, 0.1) is 5.60 Å². The number of imide groups is 1. The first-order chi connectivity index (χ1) is 17.2. The highest BCUT2D eigenvalue weighted by Gasteiger charge is 2.71. The second-order valence-electron chi connectivity index (χ2n) is 10.5. The van der Waals surface area contributed by atoms with E-state index in [-0.39, 0.29) is 44.3 Å². The normalized spacial score (nSPS) is 34.1. The third-order valence-electron chi connectivity index (χ3n) is 9.07. The number of carbonyl (C=O) groups is 2. The molecular weight excluding hydrogens is 515 g/mol. The summed E-state index contributed by atoms with van der Waals surface area (Å²) in [4.78, 5) is 31.6. The number of carbonyl (C=O) groups excluding carboxylic acids is 2. The summed E-state index contributed by atoms with van der Waals surface area (Å²) in [5.74, 6) is -0.853. The Morgan fingerprint density at radius 2 is 1.84 bits per heavy atom. The van der Waals surface area contributed by atoms with Crippen LogP contribution in [0, 0.1) is 0 Å². The van der Waals surface area contributed by atoms with Gasteiger partial charge >= 0.3 is 21.7 Å². The van der Waals surface area contributed by atoms with Gasteiger partial charge in [-0.25, -0.2) is 4.79 Å². The van der Waals surface area contributed by atoms with Gasteiger partial charge in [0.1, 0.15) is 11.3 Å². The Hall–Kier alpha value is -2.38. The van der Waals surface area contributed by atoms with E-state index in [4.69, 9.17) is 0 Å². The maximum Gasteiger partial charge on any atom is 0.534 e. The quantitative estimate of drug-likeness (QED) is 0.352. The van der Waals surface area contributed by atoms with E-state index in [9.17, 15) is 36.3 Å². The van der Waals surface area contributed by atoms with Crippen molar-refractivity contribution in [3.8, 4) is 5.75 Å². The van der Waals surface area contributed by atoms with Crippen LogP contribution in [0.2, 0.25) is 0 Å². The lowest BCUT2D eigenvalue weighted by molar-refractivity contribution is -0.184. The smallest absolute Gasteiger partial charge is 0.387 e. The molecule has 2 aliphatic heterocycles. The molecule has 37 heavy (non-hydrogen) atoms. The Morgan fingerprint density at radius 1 is 1.14 bits per heavy atom. The second-order valence-corrected chi connectivity index (χ2v) is 12.1. The predicted molar refractivity (Wildman–Crippen MR) is 125 cm³/mol. The second kappa shape index (κ2) is 8.06. The van der Waals surface area contributed by atoms with Crippen LogP contribution < -0.4 is 4.18 Å². The minimum absolute atomic E-state index is 0.0816. The number of hydrogen-bond donors (Lipinski definition) is 1. The van der Waals surface area contributed by atoms with Crippen LogP contribution in [0.15, 0.2) is 18.2 Å². The summed E-state index contributed by atoms with van der Waals surface area (Å²) < 4.78 is 67.0. The van der Waals surface area contributed by atoms with E-state index in [1.165, 1.54) is 23.1 Å². The molecule has 1 saturated carbocycles. The molecule has 0 aromatic heterocycles. The number of nitrogens with zero attached hydrogens (tertiary/aromatic N) is 3. The number of urea groups is 1. The fourth-order valence-corrected chi connectivity index (χ4v) is 7.82. The molecular formula is C24H30F3N3O6S. The molecule has 204 valence electrons. The van der Waals surface area contributed by atoms with Crippen LogP contribution in [-0.2, 0) is 26.7 Å². The number of halogens is 3. The van der Waals surface area contributed by atoms with E-state index in [1.807, 2.05) is 7.05 Å². The number of likely N-dealkylation sites (N-methyl/N-ethyl adjacent to an activating group) is 3. The standard InChI is InChI=1S/C24H30F3N3O6S/c1-4-29-19(31)22(30(5-2)20(29)32)8-9-23(33)18-12-15-6-7-16(36-37(34,35)24(25,26)27)13-17(15)21(23,14-22)10-11-28(18)3/h6-7,13,18,33H,4-5,8-12,14H2,1-3H3/t18-,21-,22+,23-/m1/s1. The number of aliphatic hydroxyl groups is 1. The van der Waals surface area contributed by atoms with Crippen LogP contribution >= 0.6 is 0 Å². The summed E-state index contributed by atoms with van der Waals surface area (Å²) in [7, 11) is -4.00. The van der Waals surface area contributed by atoms with Crippen molar-refractivity contribution in [2.45, 2.75) is 74.1 Å². The SMILES string of the molecule is CCN1C(=O)N(CC)[C@]2(CC[C@@]3(O)[C@H]4Cc5ccc(OS(=O)(=O)C(F)(F)F)cc5[C@@]3(CCN4C)C2)C1=O. The van der Waals surface area contributed by atoms with Gasteiger partial charge in [0.25, 0.3) is 5.91 Å². The fourth-order valence-electron chi connectivity index (χ4n) is 7.37. The zero-order valence-electron chi connectivity index (χ0n) is 20.8. The lowest BCUT2D eigenvalue weighted by Crippen LogP contribution is -2.76. The fraction of sp³-hybridized carbons (Fsp3) is 0.667. The number of benzene rings is 1. The third-order valence-corrected chi connectivity index (χ3v) is 10.0. The van der Waals surface area contributed by atoms with E-state index in [0.29, 0.717) is 24.9 Å². The van der Waals surface area contributed by atoms with Crippen molar-refractivity contribution in [1.29, 1.82) is 0 Å². The number of piperidine rings is 1. The van der Waals surface area contributed by atoms with Crippen LogP contribution in [-0.4, -0.2) is 89.5 Å². The number of fused-ring (bicyclic) bond motifs is 1. The first-order valence-electron chi connectivity index (χ1n) is 12.4. The largest absolute Gasteiger partial charge is 0.534 e. The van der Waals surface area contributed by atoms with E-state index >= 15 is 0 Å². The molecule has 2 bridgehead atoms. The predicted octanol–water partition coefficient (Wildman–Crippen LogP) is 2.37. The molecule has 0 unspecified atom stereocenters. The van der Waals surface area contributed by atoms with Crippen LogP contribution in [0.5, 0.6) is 5.75 Å². The van der Waals surface area contributed by atoms with E-state index in [0.717, 1.165) is 5.56 Å². The minimum Gasteiger partial charge on any atom is -0.387 e. The molecule has 3 amide bonds. The highest BCUT2D eigenvalue weighted by Crippen LogP contribution is 2.62. The van der Waals surface area contributed by atoms with Gasteiger partial charge in [-0.1, -0.05) is 6.07 Å². The van der Waals surface area contributed by atoms with Crippen LogP contribution in [0.25, 0.3) is 0 Å². The average Bonchev–Trinajstić information content (AvgIpc) is 3.01. The lowest BCUT2D eigenvalue weighted by Gasteiger charge is -2.66. The van der Waals surface area contributed by atoms with Crippen molar-refractivity contribution in [2.75, 3.05) is 26.7 Å². The van der Waals surface area contributed by atoms with Gasteiger partial charge in [-0.3, -0.25) is 9.69 Å². The molecule has 1 spiro atoms. The third kappa shape index (κ3) is 3.32. The van der Waals surface area contributed by atoms with Gasteiger partial charge in [-0.05, 0) is 82.8 Å². The summed E-state index contributed by atoms with van der Waals surface area (Å²) in [5.41, 5.74) is -8.05. The monoisotopic (exact) mass is 545 g/mol. The number of likely N-dealkylation sites (tertiary alicyclic amines) is 1. The molecule has 9 nitrogen and oxygen atoms in total. The summed E-state index contributed by atoms with van der Waals surface area (Å²) in [6.07, 6.45) is 1.29. The summed E-state index contributed by atoms with van der Waals surface area (Å²) in [6.45, 7) is 4.51. The Morgan fingerprint density at radius 3 is 2.46 bits per heavy atom. The molecule has 2 heterocycles. The van der Waals surface area contributed by atoms with Crippen LogP contribution in [0.3, 0.4) is 0 Å². The average molecular weight is 546 g/mol. The number of hydrogen-bond acceptors (Lipinski definition) is 7. The van der Waals surface area contributed by atoms with E-state index < -0.39 is 44.0 Å². The zero-order valence-corrected chi connectivity index (χ0v) is 21.7. The number of rotatable bonds is 4. The highest BCUT2D eigenvalue weighted by atomic mass is 32.2. The first kappa shape index (κ1) is 26.2. The molecule has 2 saturated heterocycles. The van der Waals surface area contributed by atoms with E-state index in [2.05, 4.69) is 9.08 Å². The van der Waals surface area contributed by atoms with Crippen LogP contribution in [0.4, 0.5) is 18.0 Å². The molecule has 5 rings (SSSR count). The van der Waals surface area contributed by atoms with Crippen molar-refractivity contribution >= 4 is 22.1 Å². The van der Waals surface area contributed by atoms with Crippen molar-refractivity contribution < 1.29 is 40.5 Å². The maximum atomic E-state index is 13.7. The van der Waals surface area contributed by atoms with Crippen LogP contribution in [0.1, 0.15) is 50.7 Å². The summed E-state index contributed by atoms with van der Waals surface area (Å²) in [6, 6.07) is 3.26. The van der Waals surface area contributed by atoms with Gasteiger partial charge in [0.2, 0.25) is 0 Å². The lowest BCUT2D eigenvalue weighted by atomic mass is 9.46. The zero-order chi connectivity index (χ0) is 27.2. The van der Waals surface area contributed by atoms with E-state index in [1.54, 1.807) is 18.7 Å². The Balaban J connectivity index is 1.68. The maximum absolute atomic E-state index is 13.7. The number of amides is 3. The van der Waals surface area contributed by atoms with Crippen molar-refractivity contribution in [2.24, 2.45) is 0 Å². The summed E-state index contributed by atoms with van der Waals surface area (Å²) >= 11 is 0. The Bertz CT molecular complexity index is 1270. The van der Waals surface area contributed by atoms with Gasteiger partial charge in [0.15, 0.2) is 0 Å². The van der Waals surface area contributed by atoms with Crippen molar-refractivity contribution in [1.82, 2.24) is 14.7 Å². The molecule has 4 aliphatic rings. The van der Waals surface area contributed by atoms with Gasteiger partial charge in [-0.15, -0.1) is 0 Å². The minimum atomic E-state index is -5.90. The van der Waals surface area contributed by atoms with Gasteiger partial charge < -0.3 is 19.1 Å².